The quantitative estimate of drug-likeness (QED) is 0.388. The van der Waals surface area contributed by atoms with E-state index in [-0.39, 0.29) is 0 Å². The van der Waals surface area contributed by atoms with E-state index in [1.165, 1.54) is 0 Å². The summed E-state index contributed by atoms with van der Waals surface area (Å²) in [6.07, 6.45) is 5.75. The van der Waals surface area contributed by atoms with Crippen molar-refractivity contribution in [3.63, 3.8) is 0 Å². The van der Waals surface area contributed by atoms with Crippen molar-refractivity contribution in [2.45, 2.75) is 26.3 Å². The number of aryl methyl sites for hydroxylation is 1. The largest absolute Gasteiger partial charge is 0.335 e. The third-order valence-electron chi connectivity index (χ3n) is 1.78. The van der Waals surface area contributed by atoms with Crippen molar-refractivity contribution in [2.24, 2.45) is 5.11 Å². The first-order valence-electron chi connectivity index (χ1n) is 4.39. The second-order valence-electron chi connectivity index (χ2n) is 2.74. The summed E-state index contributed by atoms with van der Waals surface area (Å²) in [7, 11) is 0. The Morgan fingerprint density at radius 3 is 3.23 bits per heavy atom. The third kappa shape index (κ3) is 2.80. The maximum absolute atomic E-state index is 8.10. The molecule has 0 aromatic carbocycles. The number of nitrogens with zero attached hydrogens (tertiary/aromatic N) is 5. The minimum absolute atomic E-state index is 0.490. The number of azide groups is 1. The van der Waals surface area contributed by atoms with Gasteiger partial charge in [0.1, 0.15) is 5.82 Å². The summed E-state index contributed by atoms with van der Waals surface area (Å²) >= 11 is 0. The summed E-state index contributed by atoms with van der Waals surface area (Å²) < 4.78 is 2.03. The van der Waals surface area contributed by atoms with Crippen molar-refractivity contribution in [3.8, 4) is 0 Å². The van der Waals surface area contributed by atoms with Gasteiger partial charge in [-0.05, 0) is 12.0 Å². The Balaban J connectivity index is 2.54. The molecule has 1 aromatic rings. The highest BCUT2D eigenvalue weighted by Crippen LogP contribution is 2.00. The highest BCUT2D eigenvalue weighted by atomic mass is 15.2. The van der Waals surface area contributed by atoms with Crippen LogP contribution in [0.15, 0.2) is 17.5 Å². The van der Waals surface area contributed by atoms with Crippen LogP contribution in [0.1, 0.15) is 19.2 Å². The fourth-order valence-electron chi connectivity index (χ4n) is 1.19. The van der Waals surface area contributed by atoms with Crippen LogP contribution in [-0.4, -0.2) is 16.1 Å². The Morgan fingerprint density at radius 2 is 2.54 bits per heavy atom. The van der Waals surface area contributed by atoms with Gasteiger partial charge < -0.3 is 4.57 Å². The Bertz CT molecular complexity index is 297. The molecule has 0 fully saturated rings. The number of imidazole rings is 1. The van der Waals surface area contributed by atoms with Crippen molar-refractivity contribution in [3.05, 3.63) is 28.7 Å². The molecule has 0 aliphatic carbocycles. The number of rotatable bonds is 5. The molecule has 0 bridgehead atoms. The van der Waals surface area contributed by atoms with Gasteiger partial charge >= 0.3 is 0 Å². The van der Waals surface area contributed by atoms with Crippen LogP contribution in [0.2, 0.25) is 0 Å². The maximum atomic E-state index is 8.10. The first kappa shape index (κ1) is 9.61. The topological polar surface area (TPSA) is 66.6 Å². The van der Waals surface area contributed by atoms with Crippen LogP contribution in [0.25, 0.3) is 10.4 Å². The molecule has 5 heteroatoms. The fraction of sp³-hybridized carbons (Fsp3) is 0.625. The van der Waals surface area contributed by atoms with E-state index in [2.05, 4.69) is 21.9 Å². The van der Waals surface area contributed by atoms with E-state index in [9.17, 15) is 0 Å². The van der Waals surface area contributed by atoms with Gasteiger partial charge in [0.15, 0.2) is 0 Å². The molecule has 1 heterocycles. The lowest BCUT2D eigenvalue weighted by atomic mass is 10.3. The SMILES string of the molecule is CCCc1nccn1CCN=[N+]=[N-]. The molecule has 0 N–H and O–H groups in total. The zero-order valence-electron chi connectivity index (χ0n) is 7.72. The predicted molar refractivity (Wildman–Crippen MR) is 50.2 cm³/mol. The molecule has 0 unspecified atom stereocenters. The Morgan fingerprint density at radius 1 is 1.69 bits per heavy atom. The molecule has 0 atom stereocenters. The summed E-state index contributed by atoms with van der Waals surface area (Å²) in [5.41, 5.74) is 8.10. The number of hydrogen-bond donors (Lipinski definition) is 0. The molecule has 0 amide bonds. The average Bonchev–Trinajstić information content (AvgIpc) is 2.54. The number of hydrogen-bond acceptors (Lipinski definition) is 2. The van der Waals surface area contributed by atoms with Gasteiger partial charge in [-0.15, -0.1) is 0 Å². The van der Waals surface area contributed by atoms with E-state index in [1.807, 2.05) is 10.8 Å². The molecular formula is C8H13N5. The lowest BCUT2D eigenvalue weighted by molar-refractivity contribution is 0.650. The Labute approximate surface area is 77.0 Å². The average molecular weight is 179 g/mol. The van der Waals surface area contributed by atoms with Crippen molar-refractivity contribution in [1.82, 2.24) is 9.55 Å². The molecule has 1 rings (SSSR count). The van der Waals surface area contributed by atoms with E-state index in [1.54, 1.807) is 6.20 Å². The van der Waals surface area contributed by atoms with Gasteiger partial charge in [-0.3, -0.25) is 0 Å². The molecule has 13 heavy (non-hydrogen) atoms. The second kappa shape index (κ2) is 5.22. The van der Waals surface area contributed by atoms with Crippen LogP contribution >= 0.6 is 0 Å². The molecule has 0 radical (unpaired) electrons. The minimum atomic E-state index is 0.490. The van der Waals surface area contributed by atoms with Crippen LogP contribution in [0, 0.1) is 0 Å². The van der Waals surface area contributed by atoms with E-state index >= 15 is 0 Å². The highest BCUT2D eigenvalue weighted by molar-refractivity contribution is 4.92. The van der Waals surface area contributed by atoms with Gasteiger partial charge in [0.05, 0.1) is 0 Å². The smallest absolute Gasteiger partial charge is 0.108 e. The molecule has 0 saturated heterocycles. The summed E-state index contributed by atoms with van der Waals surface area (Å²) in [6, 6.07) is 0. The Hall–Kier alpha value is -1.48. The lowest BCUT2D eigenvalue weighted by Gasteiger charge is -2.03. The van der Waals surface area contributed by atoms with Crippen molar-refractivity contribution >= 4 is 0 Å². The second-order valence-corrected chi connectivity index (χ2v) is 2.74. The van der Waals surface area contributed by atoms with Gasteiger partial charge in [0.25, 0.3) is 0 Å². The van der Waals surface area contributed by atoms with E-state index < -0.39 is 0 Å². The first-order chi connectivity index (χ1) is 6.38. The molecule has 0 aliphatic rings. The van der Waals surface area contributed by atoms with E-state index in [0.717, 1.165) is 25.2 Å². The zero-order valence-corrected chi connectivity index (χ0v) is 7.72. The molecule has 5 nitrogen and oxygen atoms in total. The highest BCUT2D eigenvalue weighted by Gasteiger charge is 1.99. The minimum Gasteiger partial charge on any atom is -0.335 e. The van der Waals surface area contributed by atoms with Crippen LogP contribution in [0.5, 0.6) is 0 Å². The van der Waals surface area contributed by atoms with Crippen LogP contribution in [0.4, 0.5) is 0 Å². The van der Waals surface area contributed by atoms with Crippen LogP contribution in [-0.2, 0) is 13.0 Å². The van der Waals surface area contributed by atoms with Gasteiger partial charge in [-0.25, -0.2) is 4.98 Å². The third-order valence-corrected chi connectivity index (χ3v) is 1.78. The molecule has 1 aromatic heterocycles. The summed E-state index contributed by atoms with van der Waals surface area (Å²) in [5.74, 6) is 1.07. The molecule has 0 spiro atoms. The summed E-state index contributed by atoms with van der Waals surface area (Å²) in [6.45, 7) is 3.33. The molecular weight excluding hydrogens is 166 g/mol. The lowest BCUT2D eigenvalue weighted by Crippen LogP contribution is -2.04. The standard InChI is InChI=1S/C8H13N5/c1-2-3-8-10-4-6-13(8)7-5-11-12-9/h4,6H,2-3,5,7H2,1H3. The zero-order chi connectivity index (χ0) is 9.52. The fourth-order valence-corrected chi connectivity index (χ4v) is 1.19. The van der Waals surface area contributed by atoms with Crippen molar-refractivity contribution < 1.29 is 0 Å². The van der Waals surface area contributed by atoms with Crippen molar-refractivity contribution in [1.29, 1.82) is 0 Å². The van der Waals surface area contributed by atoms with Crippen molar-refractivity contribution in [2.75, 3.05) is 6.54 Å². The molecule has 0 aliphatic heterocycles. The first-order valence-corrected chi connectivity index (χ1v) is 4.39. The maximum Gasteiger partial charge on any atom is 0.108 e. The normalized spacial score (nSPS) is 9.62. The van der Waals surface area contributed by atoms with Gasteiger partial charge in [-0.2, -0.15) is 0 Å². The van der Waals surface area contributed by atoms with Crippen LogP contribution < -0.4 is 0 Å². The number of aromatic nitrogens is 2. The van der Waals surface area contributed by atoms with Gasteiger partial charge in [0, 0.05) is 36.8 Å². The van der Waals surface area contributed by atoms with E-state index in [4.69, 9.17) is 5.53 Å². The molecule has 0 saturated carbocycles. The van der Waals surface area contributed by atoms with Gasteiger partial charge in [0.2, 0.25) is 0 Å². The predicted octanol–water partition coefficient (Wildman–Crippen LogP) is 2.15. The Kier molecular flexibility index (Phi) is 3.85. The summed E-state index contributed by atoms with van der Waals surface area (Å²) in [5, 5.41) is 3.48. The van der Waals surface area contributed by atoms with E-state index in [0.29, 0.717) is 6.54 Å². The molecule has 70 valence electrons. The van der Waals surface area contributed by atoms with Crippen LogP contribution in [0.3, 0.4) is 0 Å². The monoisotopic (exact) mass is 179 g/mol. The summed E-state index contributed by atoms with van der Waals surface area (Å²) in [4.78, 5) is 6.91. The van der Waals surface area contributed by atoms with Gasteiger partial charge in [-0.1, -0.05) is 12.0 Å².